The minimum atomic E-state index is -0.190. The minimum Gasteiger partial charge on any atom is -0.392 e. The largest absolute Gasteiger partial charge is 0.392 e. The summed E-state index contributed by atoms with van der Waals surface area (Å²) in [5.41, 5.74) is 0. The van der Waals surface area contributed by atoms with Crippen LogP contribution < -0.4 is 0 Å². The Balaban J connectivity index is 2.29. The molecular weight excluding hydrogens is 168 g/mol. The number of rotatable bonds is 3. The van der Waals surface area contributed by atoms with E-state index in [4.69, 9.17) is 0 Å². The van der Waals surface area contributed by atoms with E-state index in [1.165, 1.54) is 19.3 Å². The monoisotopic (exact) mass is 186 g/mol. The highest BCUT2D eigenvalue weighted by molar-refractivity contribution is 8.00. The van der Waals surface area contributed by atoms with Crippen molar-refractivity contribution in [2.75, 3.05) is 0 Å². The first-order valence-corrected chi connectivity index (χ1v) is 5.64. The van der Waals surface area contributed by atoms with Crippen LogP contribution in [0, 0.1) is 0 Å². The number of hydrogen-bond donors (Lipinski definition) is 1. The SMILES string of the molecule is CC(O)C(C)SC1C=CCCC1. The van der Waals surface area contributed by atoms with Crippen molar-refractivity contribution in [3.63, 3.8) is 0 Å². The Morgan fingerprint density at radius 2 is 2.25 bits per heavy atom. The van der Waals surface area contributed by atoms with Crippen molar-refractivity contribution in [3.05, 3.63) is 12.2 Å². The highest BCUT2D eigenvalue weighted by Crippen LogP contribution is 2.27. The van der Waals surface area contributed by atoms with Crippen LogP contribution >= 0.6 is 11.8 Å². The van der Waals surface area contributed by atoms with E-state index in [-0.39, 0.29) is 6.10 Å². The van der Waals surface area contributed by atoms with Gasteiger partial charge in [-0.3, -0.25) is 0 Å². The fourth-order valence-electron chi connectivity index (χ4n) is 1.28. The van der Waals surface area contributed by atoms with Gasteiger partial charge in [-0.1, -0.05) is 19.1 Å². The highest BCUT2D eigenvalue weighted by atomic mass is 32.2. The quantitative estimate of drug-likeness (QED) is 0.684. The van der Waals surface area contributed by atoms with Crippen LogP contribution in [0.25, 0.3) is 0 Å². The molecule has 1 aliphatic rings. The second-order valence-corrected chi connectivity index (χ2v) is 5.10. The third kappa shape index (κ3) is 3.20. The van der Waals surface area contributed by atoms with E-state index in [0.29, 0.717) is 10.5 Å². The molecule has 0 amide bonds. The van der Waals surface area contributed by atoms with Crippen molar-refractivity contribution < 1.29 is 5.11 Å². The second kappa shape index (κ2) is 4.93. The van der Waals surface area contributed by atoms with Crippen molar-refractivity contribution in [1.82, 2.24) is 0 Å². The van der Waals surface area contributed by atoms with Gasteiger partial charge in [0, 0.05) is 10.5 Å². The van der Waals surface area contributed by atoms with E-state index in [0.717, 1.165) is 0 Å². The molecule has 1 aliphatic carbocycles. The molecule has 0 radical (unpaired) electrons. The fraction of sp³-hybridized carbons (Fsp3) is 0.800. The molecule has 0 aromatic heterocycles. The molecule has 70 valence electrons. The van der Waals surface area contributed by atoms with Crippen LogP contribution in [0.2, 0.25) is 0 Å². The molecule has 0 aromatic carbocycles. The smallest absolute Gasteiger partial charge is 0.0628 e. The maximum absolute atomic E-state index is 9.31. The topological polar surface area (TPSA) is 20.2 Å². The van der Waals surface area contributed by atoms with Gasteiger partial charge in [-0.15, -0.1) is 11.8 Å². The maximum Gasteiger partial charge on any atom is 0.0628 e. The van der Waals surface area contributed by atoms with Gasteiger partial charge in [0.05, 0.1) is 6.10 Å². The molecule has 0 saturated carbocycles. The normalized spacial score (nSPS) is 28.4. The van der Waals surface area contributed by atoms with Crippen LogP contribution in [-0.4, -0.2) is 21.7 Å². The van der Waals surface area contributed by atoms with Crippen LogP contribution in [0.15, 0.2) is 12.2 Å². The lowest BCUT2D eigenvalue weighted by Gasteiger charge is -2.21. The van der Waals surface area contributed by atoms with Crippen LogP contribution in [0.4, 0.5) is 0 Å². The molecule has 1 rings (SSSR count). The Bertz CT molecular complexity index is 154. The van der Waals surface area contributed by atoms with Crippen molar-refractivity contribution in [1.29, 1.82) is 0 Å². The van der Waals surface area contributed by atoms with Crippen LogP contribution in [0.5, 0.6) is 0 Å². The first-order valence-electron chi connectivity index (χ1n) is 4.70. The van der Waals surface area contributed by atoms with Crippen molar-refractivity contribution >= 4 is 11.8 Å². The molecular formula is C10H18OS. The summed E-state index contributed by atoms with van der Waals surface area (Å²) in [5, 5.41) is 10.3. The highest BCUT2D eigenvalue weighted by Gasteiger charge is 2.16. The van der Waals surface area contributed by atoms with E-state index < -0.39 is 0 Å². The van der Waals surface area contributed by atoms with Crippen LogP contribution in [0.3, 0.4) is 0 Å². The zero-order valence-electron chi connectivity index (χ0n) is 7.86. The Labute approximate surface area is 79.2 Å². The zero-order chi connectivity index (χ0) is 8.97. The van der Waals surface area contributed by atoms with Gasteiger partial charge in [0.2, 0.25) is 0 Å². The first-order chi connectivity index (χ1) is 5.70. The van der Waals surface area contributed by atoms with Gasteiger partial charge in [0.25, 0.3) is 0 Å². The van der Waals surface area contributed by atoms with Crippen LogP contribution in [-0.2, 0) is 0 Å². The molecule has 0 spiro atoms. The van der Waals surface area contributed by atoms with Gasteiger partial charge in [-0.25, -0.2) is 0 Å². The van der Waals surface area contributed by atoms with Crippen LogP contribution in [0.1, 0.15) is 33.1 Å². The van der Waals surface area contributed by atoms with Crippen molar-refractivity contribution in [2.24, 2.45) is 0 Å². The van der Waals surface area contributed by atoms with E-state index >= 15 is 0 Å². The first kappa shape index (κ1) is 10.1. The third-order valence-corrected chi connectivity index (χ3v) is 3.84. The van der Waals surface area contributed by atoms with Crippen molar-refractivity contribution in [2.45, 2.75) is 49.7 Å². The standard InChI is InChI=1S/C10H18OS/c1-8(11)9(2)12-10-6-4-3-5-7-10/h4,6,8-11H,3,5,7H2,1-2H3. The Kier molecular flexibility index (Phi) is 4.16. The average molecular weight is 186 g/mol. The summed E-state index contributed by atoms with van der Waals surface area (Å²) in [7, 11) is 0. The third-order valence-electron chi connectivity index (χ3n) is 2.28. The number of aliphatic hydroxyl groups is 1. The Morgan fingerprint density at radius 3 is 2.75 bits per heavy atom. The summed E-state index contributed by atoms with van der Waals surface area (Å²) in [6, 6.07) is 0. The van der Waals surface area contributed by atoms with Gasteiger partial charge in [0.1, 0.15) is 0 Å². The summed E-state index contributed by atoms with van der Waals surface area (Å²) >= 11 is 1.89. The van der Waals surface area contributed by atoms with Gasteiger partial charge < -0.3 is 5.11 Å². The molecule has 3 atom stereocenters. The summed E-state index contributed by atoms with van der Waals surface area (Å²) in [5.74, 6) is 0. The Hall–Kier alpha value is 0.0500. The molecule has 2 heteroatoms. The summed E-state index contributed by atoms with van der Waals surface area (Å²) in [6.45, 7) is 3.96. The van der Waals surface area contributed by atoms with Gasteiger partial charge in [0.15, 0.2) is 0 Å². The summed E-state index contributed by atoms with van der Waals surface area (Å²) < 4.78 is 0. The van der Waals surface area contributed by atoms with E-state index in [9.17, 15) is 5.11 Å². The number of allylic oxidation sites excluding steroid dienone is 1. The predicted molar refractivity (Wildman–Crippen MR) is 55.5 cm³/mol. The summed E-state index contributed by atoms with van der Waals surface area (Å²) in [4.78, 5) is 0. The lowest BCUT2D eigenvalue weighted by Crippen LogP contribution is -2.19. The van der Waals surface area contributed by atoms with Gasteiger partial charge in [-0.05, 0) is 26.2 Å². The van der Waals surface area contributed by atoms with Crippen molar-refractivity contribution in [3.8, 4) is 0 Å². The molecule has 12 heavy (non-hydrogen) atoms. The molecule has 0 fully saturated rings. The molecule has 1 N–H and O–H groups in total. The average Bonchev–Trinajstić information content (AvgIpc) is 2.06. The molecule has 0 saturated heterocycles. The zero-order valence-corrected chi connectivity index (χ0v) is 8.68. The van der Waals surface area contributed by atoms with E-state index in [1.807, 2.05) is 18.7 Å². The number of aliphatic hydroxyl groups excluding tert-OH is 1. The molecule has 0 heterocycles. The molecule has 0 bridgehead atoms. The fourth-order valence-corrected chi connectivity index (χ4v) is 2.57. The lowest BCUT2D eigenvalue weighted by atomic mass is 10.1. The molecule has 0 aromatic rings. The van der Waals surface area contributed by atoms with Gasteiger partial charge >= 0.3 is 0 Å². The summed E-state index contributed by atoms with van der Waals surface area (Å²) in [6.07, 6.45) is 8.17. The lowest BCUT2D eigenvalue weighted by molar-refractivity contribution is 0.196. The molecule has 3 unspecified atom stereocenters. The second-order valence-electron chi connectivity index (χ2n) is 3.48. The van der Waals surface area contributed by atoms with Gasteiger partial charge in [-0.2, -0.15) is 0 Å². The Morgan fingerprint density at radius 1 is 1.50 bits per heavy atom. The minimum absolute atomic E-state index is 0.190. The van der Waals surface area contributed by atoms with E-state index in [2.05, 4.69) is 19.1 Å². The maximum atomic E-state index is 9.31. The number of hydrogen-bond acceptors (Lipinski definition) is 2. The van der Waals surface area contributed by atoms with E-state index in [1.54, 1.807) is 0 Å². The number of thioether (sulfide) groups is 1. The molecule has 1 nitrogen and oxygen atoms in total. The molecule has 0 aliphatic heterocycles. The predicted octanol–water partition coefficient (Wildman–Crippen LogP) is 2.60.